The molecule has 2 rings (SSSR count). The molecular formula is C12H17F3N2O. The second-order valence-electron chi connectivity index (χ2n) is 4.96. The van der Waals surface area contributed by atoms with Crippen LogP contribution in [0, 0.1) is 0 Å². The third kappa shape index (κ3) is 2.92. The van der Waals surface area contributed by atoms with E-state index in [1.54, 1.807) is 0 Å². The minimum Gasteiger partial charge on any atom is -0.304 e. The minimum absolute atomic E-state index is 0.00132. The molecule has 2 aliphatic rings. The molecule has 0 aromatic heterocycles. The predicted molar refractivity (Wildman–Crippen MR) is 61.3 cm³/mol. The maximum Gasteiger partial charge on any atom is 0.413 e. The fourth-order valence-corrected chi connectivity index (χ4v) is 2.30. The predicted octanol–water partition coefficient (Wildman–Crippen LogP) is 1.46. The Hall–Kier alpha value is -0.880. The molecule has 0 amide bonds. The highest BCUT2D eigenvalue weighted by molar-refractivity contribution is 5.99. The van der Waals surface area contributed by atoms with Crippen molar-refractivity contribution < 1.29 is 18.0 Å². The molecule has 18 heavy (non-hydrogen) atoms. The Balaban J connectivity index is 1.93. The summed E-state index contributed by atoms with van der Waals surface area (Å²) in [5.74, 6) is -0.349. The molecule has 1 saturated heterocycles. The zero-order valence-electron chi connectivity index (χ0n) is 10.4. The van der Waals surface area contributed by atoms with Gasteiger partial charge in [0.25, 0.3) is 0 Å². The number of rotatable bonds is 3. The van der Waals surface area contributed by atoms with E-state index in [0.717, 1.165) is 26.2 Å². The number of allylic oxidation sites excluding steroid dienone is 1. The normalized spacial score (nSPS) is 23.1. The van der Waals surface area contributed by atoms with E-state index in [1.807, 2.05) is 11.9 Å². The summed E-state index contributed by atoms with van der Waals surface area (Å²) >= 11 is 0. The first-order valence-corrected chi connectivity index (χ1v) is 6.11. The molecule has 0 bridgehead atoms. The van der Waals surface area contributed by atoms with Crippen molar-refractivity contribution in [3.05, 3.63) is 11.1 Å². The summed E-state index contributed by atoms with van der Waals surface area (Å²) in [7, 11) is 2.00. The number of alkyl halides is 3. The first kappa shape index (κ1) is 13.5. The number of Topliss-reactive ketones (excluding diaryl/α,β-unsaturated/α-hetero) is 1. The van der Waals surface area contributed by atoms with Crippen molar-refractivity contribution in [2.45, 2.75) is 19.0 Å². The molecule has 6 heteroatoms. The van der Waals surface area contributed by atoms with Gasteiger partial charge in [0.1, 0.15) is 0 Å². The van der Waals surface area contributed by atoms with Gasteiger partial charge in [-0.1, -0.05) is 0 Å². The second kappa shape index (κ2) is 5.01. The lowest BCUT2D eigenvalue weighted by Crippen LogP contribution is -2.46. The van der Waals surface area contributed by atoms with Crippen LogP contribution in [0.25, 0.3) is 0 Å². The lowest BCUT2D eigenvalue weighted by atomic mass is 9.85. The standard InChI is InChI=1S/C12H17F3N2O/c1-16-4-6-17(7-5-16)8-11(18)9-2-3-10(9)12(13,14)15/h2-8H2,1H3. The van der Waals surface area contributed by atoms with E-state index in [9.17, 15) is 18.0 Å². The van der Waals surface area contributed by atoms with Gasteiger partial charge in [0, 0.05) is 37.3 Å². The van der Waals surface area contributed by atoms with Gasteiger partial charge < -0.3 is 4.90 Å². The number of halogens is 3. The van der Waals surface area contributed by atoms with Crippen molar-refractivity contribution in [1.82, 2.24) is 9.80 Å². The molecule has 1 aliphatic carbocycles. The number of carbonyl (C=O) groups excluding carboxylic acids is 1. The summed E-state index contributed by atoms with van der Waals surface area (Å²) in [4.78, 5) is 15.9. The molecule has 0 radical (unpaired) electrons. The molecule has 0 spiro atoms. The highest BCUT2D eigenvalue weighted by Crippen LogP contribution is 2.40. The van der Waals surface area contributed by atoms with Crippen molar-refractivity contribution in [3.63, 3.8) is 0 Å². The largest absolute Gasteiger partial charge is 0.413 e. The number of ketones is 1. The zero-order chi connectivity index (χ0) is 13.3. The number of hydrogen-bond acceptors (Lipinski definition) is 3. The van der Waals surface area contributed by atoms with Crippen molar-refractivity contribution in [2.24, 2.45) is 0 Å². The van der Waals surface area contributed by atoms with E-state index in [1.165, 1.54) is 0 Å². The van der Waals surface area contributed by atoms with Gasteiger partial charge in [0.15, 0.2) is 5.78 Å². The SMILES string of the molecule is CN1CCN(CC(=O)C2=C(C(F)(F)F)CC2)CC1. The molecule has 3 nitrogen and oxygen atoms in total. The van der Waals surface area contributed by atoms with E-state index in [4.69, 9.17) is 0 Å². The van der Waals surface area contributed by atoms with Gasteiger partial charge in [-0.2, -0.15) is 13.2 Å². The fraction of sp³-hybridized carbons (Fsp3) is 0.750. The number of carbonyl (C=O) groups is 1. The lowest BCUT2D eigenvalue weighted by Gasteiger charge is -2.33. The Kier molecular flexibility index (Phi) is 3.77. The van der Waals surface area contributed by atoms with Crippen molar-refractivity contribution in [1.29, 1.82) is 0 Å². The quantitative estimate of drug-likeness (QED) is 0.769. The second-order valence-corrected chi connectivity index (χ2v) is 4.96. The smallest absolute Gasteiger partial charge is 0.304 e. The lowest BCUT2D eigenvalue weighted by molar-refractivity contribution is -0.121. The van der Waals surface area contributed by atoms with Gasteiger partial charge in [-0.25, -0.2) is 0 Å². The van der Waals surface area contributed by atoms with E-state index >= 15 is 0 Å². The van der Waals surface area contributed by atoms with Crippen LogP contribution in [0.4, 0.5) is 13.2 Å². The summed E-state index contributed by atoms with van der Waals surface area (Å²) in [6, 6.07) is 0. The average molecular weight is 262 g/mol. The molecule has 1 aliphatic heterocycles. The van der Waals surface area contributed by atoms with E-state index < -0.39 is 11.7 Å². The minimum atomic E-state index is -4.33. The summed E-state index contributed by atoms with van der Waals surface area (Å²) < 4.78 is 37.5. The first-order valence-electron chi connectivity index (χ1n) is 6.11. The molecule has 1 fully saturated rings. The molecule has 102 valence electrons. The third-order valence-corrected chi connectivity index (χ3v) is 3.63. The molecule has 0 N–H and O–H groups in total. The van der Waals surface area contributed by atoms with Crippen LogP contribution >= 0.6 is 0 Å². The Morgan fingerprint density at radius 3 is 2.22 bits per heavy atom. The van der Waals surface area contributed by atoms with Crippen LogP contribution in [0.5, 0.6) is 0 Å². The monoisotopic (exact) mass is 262 g/mol. The summed E-state index contributed by atoms with van der Waals surface area (Å²) in [6.07, 6.45) is -4.06. The van der Waals surface area contributed by atoms with Crippen LogP contribution in [0.2, 0.25) is 0 Å². The van der Waals surface area contributed by atoms with Crippen LogP contribution in [0.1, 0.15) is 12.8 Å². The summed E-state index contributed by atoms with van der Waals surface area (Å²) in [5, 5.41) is 0. The number of likely N-dealkylation sites (N-methyl/N-ethyl adjacent to an activating group) is 1. The highest BCUT2D eigenvalue weighted by atomic mass is 19.4. The maximum absolute atomic E-state index is 12.5. The fourth-order valence-electron chi connectivity index (χ4n) is 2.30. The highest BCUT2D eigenvalue weighted by Gasteiger charge is 2.42. The van der Waals surface area contributed by atoms with Gasteiger partial charge >= 0.3 is 6.18 Å². The van der Waals surface area contributed by atoms with Crippen molar-refractivity contribution in [3.8, 4) is 0 Å². The molecule has 0 atom stereocenters. The zero-order valence-corrected chi connectivity index (χ0v) is 10.4. The molecule has 0 unspecified atom stereocenters. The molecule has 0 saturated carbocycles. The van der Waals surface area contributed by atoms with Crippen molar-refractivity contribution in [2.75, 3.05) is 39.8 Å². The van der Waals surface area contributed by atoms with Crippen LogP contribution < -0.4 is 0 Å². The maximum atomic E-state index is 12.5. The Morgan fingerprint density at radius 1 is 1.17 bits per heavy atom. The first-order chi connectivity index (χ1) is 8.38. The third-order valence-electron chi connectivity index (χ3n) is 3.63. The number of hydrogen-bond donors (Lipinski definition) is 0. The molecule has 1 heterocycles. The van der Waals surface area contributed by atoms with Gasteiger partial charge in [-0.3, -0.25) is 9.69 Å². The molecule has 0 aromatic carbocycles. The Labute approximate surface area is 104 Å². The van der Waals surface area contributed by atoms with Crippen LogP contribution in [-0.4, -0.2) is 61.5 Å². The Morgan fingerprint density at radius 2 is 1.78 bits per heavy atom. The molecule has 0 aromatic rings. The topological polar surface area (TPSA) is 23.6 Å². The van der Waals surface area contributed by atoms with Gasteiger partial charge in [-0.05, 0) is 19.9 Å². The van der Waals surface area contributed by atoms with Gasteiger partial charge in [0.2, 0.25) is 0 Å². The van der Waals surface area contributed by atoms with E-state index in [-0.39, 0.29) is 30.7 Å². The number of nitrogens with zero attached hydrogens (tertiary/aromatic N) is 2. The van der Waals surface area contributed by atoms with Crippen molar-refractivity contribution >= 4 is 5.78 Å². The summed E-state index contributed by atoms with van der Waals surface area (Å²) in [5.41, 5.74) is -0.608. The van der Waals surface area contributed by atoms with Crippen LogP contribution in [0.3, 0.4) is 0 Å². The van der Waals surface area contributed by atoms with Gasteiger partial charge in [-0.15, -0.1) is 0 Å². The Bertz CT molecular complexity index is 368. The van der Waals surface area contributed by atoms with Crippen LogP contribution in [-0.2, 0) is 4.79 Å². The average Bonchev–Trinajstić information content (AvgIpc) is 2.17. The summed E-state index contributed by atoms with van der Waals surface area (Å²) in [6.45, 7) is 3.34. The number of piperazine rings is 1. The van der Waals surface area contributed by atoms with Gasteiger partial charge in [0.05, 0.1) is 6.54 Å². The van der Waals surface area contributed by atoms with E-state index in [0.29, 0.717) is 0 Å². The van der Waals surface area contributed by atoms with E-state index in [2.05, 4.69) is 4.90 Å². The molecular weight excluding hydrogens is 245 g/mol. The van der Waals surface area contributed by atoms with Crippen LogP contribution in [0.15, 0.2) is 11.1 Å².